The maximum atomic E-state index is 9.46. The van der Waals surface area contributed by atoms with Crippen LogP contribution in [-0.2, 0) is 0 Å². The third-order valence-electron chi connectivity index (χ3n) is 1.76. The zero-order valence-electron chi connectivity index (χ0n) is 7.70. The van der Waals surface area contributed by atoms with E-state index in [9.17, 15) is 5.11 Å². The molecule has 0 aliphatic carbocycles. The predicted octanol–water partition coefficient (Wildman–Crippen LogP) is 2.25. The molecule has 2 nitrogen and oxygen atoms in total. The molecular formula is C10H9NO. The maximum Gasteiger partial charge on any atom is 0.141 e. The highest BCUT2D eigenvalue weighted by atomic mass is 16.3. The molecule has 2 aromatic rings. The minimum absolute atomic E-state index is 0.167. The number of hydrogen-bond acceptors (Lipinski definition) is 2. The summed E-state index contributed by atoms with van der Waals surface area (Å²) in [5.74, 6) is 0.167. The molecule has 2 heteroatoms. The first kappa shape index (κ1) is 6.00. The van der Waals surface area contributed by atoms with Crippen molar-refractivity contribution in [2.75, 3.05) is 0 Å². The van der Waals surface area contributed by atoms with Crippen molar-refractivity contribution >= 4 is 10.9 Å². The fourth-order valence-corrected chi connectivity index (χ4v) is 1.17. The van der Waals surface area contributed by atoms with E-state index >= 15 is 0 Å². The summed E-state index contributed by atoms with van der Waals surface area (Å²) in [6.07, 6.45) is 0. The van der Waals surface area contributed by atoms with Crippen LogP contribution in [0.15, 0.2) is 30.3 Å². The predicted molar refractivity (Wildman–Crippen MR) is 48.1 cm³/mol. The summed E-state index contributed by atoms with van der Waals surface area (Å²) in [7, 11) is 0. The lowest BCUT2D eigenvalue weighted by atomic mass is 10.2. The molecule has 0 radical (unpaired) electrons. The Labute approximate surface area is 71.9 Å². The molecule has 1 N–H and O–H groups in total. The molecule has 1 aromatic heterocycles. The van der Waals surface area contributed by atoms with E-state index in [1.807, 2.05) is 6.07 Å². The molecule has 0 saturated heterocycles. The Kier molecular flexibility index (Phi) is 1.24. The molecule has 0 fully saturated rings. The molecule has 0 atom stereocenters. The van der Waals surface area contributed by atoms with Crippen molar-refractivity contribution in [1.82, 2.24) is 4.98 Å². The third kappa shape index (κ3) is 1.01. The fraction of sp³-hybridized carbons (Fsp3) is 0.100. The Morgan fingerprint density at radius 1 is 1.42 bits per heavy atom. The summed E-state index contributed by atoms with van der Waals surface area (Å²) in [5, 5.41) is 10.3. The Balaban J connectivity index is 2.89. The first-order valence-corrected chi connectivity index (χ1v) is 3.74. The minimum atomic E-state index is 0.167. The number of nitrogens with zero attached hydrogens (tertiary/aromatic N) is 1. The topological polar surface area (TPSA) is 33.1 Å². The molecule has 0 aliphatic heterocycles. The summed E-state index contributed by atoms with van der Waals surface area (Å²) in [4.78, 5) is 4.14. The van der Waals surface area contributed by atoms with E-state index in [2.05, 4.69) is 4.98 Å². The SMILES string of the molecule is [2H]c1cc2cccc(O)c2nc1C. The number of phenols is 1. The summed E-state index contributed by atoms with van der Waals surface area (Å²) in [6.45, 7) is 1.76. The van der Waals surface area contributed by atoms with Crippen LogP contribution >= 0.6 is 0 Å². The first-order valence-electron chi connectivity index (χ1n) is 4.24. The van der Waals surface area contributed by atoms with Gasteiger partial charge in [-0.1, -0.05) is 18.2 Å². The Bertz CT molecular complexity index is 468. The van der Waals surface area contributed by atoms with Gasteiger partial charge in [0.15, 0.2) is 0 Å². The molecule has 1 aromatic carbocycles. The van der Waals surface area contributed by atoms with Gasteiger partial charge in [0, 0.05) is 11.1 Å². The Morgan fingerprint density at radius 3 is 3.08 bits per heavy atom. The summed E-state index contributed by atoms with van der Waals surface area (Å²) >= 11 is 0. The normalized spacial score (nSPS) is 11.6. The van der Waals surface area contributed by atoms with Gasteiger partial charge in [-0.3, -0.25) is 0 Å². The van der Waals surface area contributed by atoms with Crippen LogP contribution in [0.25, 0.3) is 10.9 Å². The molecule has 0 aliphatic rings. The smallest absolute Gasteiger partial charge is 0.141 e. The molecule has 0 bridgehead atoms. The average molecular weight is 160 g/mol. The summed E-state index contributed by atoms with van der Waals surface area (Å²) in [5.41, 5.74) is 1.20. The second-order valence-electron chi connectivity index (χ2n) is 2.70. The van der Waals surface area contributed by atoms with Crippen LogP contribution in [0, 0.1) is 6.92 Å². The fourth-order valence-electron chi connectivity index (χ4n) is 1.17. The largest absolute Gasteiger partial charge is 0.506 e. The molecule has 0 saturated carbocycles. The number of benzene rings is 1. The van der Waals surface area contributed by atoms with E-state index in [0.717, 1.165) is 5.39 Å². The van der Waals surface area contributed by atoms with Crippen LogP contribution < -0.4 is 0 Å². The van der Waals surface area contributed by atoms with E-state index < -0.39 is 0 Å². The molecular weight excluding hydrogens is 150 g/mol. The standard InChI is InChI=1S/C10H9NO/c1-7-5-6-8-3-2-4-9(12)10(8)11-7/h2-6,12H,1H3/i5D. The highest BCUT2D eigenvalue weighted by molar-refractivity contribution is 5.84. The highest BCUT2D eigenvalue weighted by Gasteiger charge is 1.98. The van der Waals surface area contributed by atoms with Crippen LogP contribution in [-0.4, -0.2) is 10.1 Å². The van der Waals surface area contributed by atoms with Crippen molar-refractivity contribution in [3.8, 4) is 5.75 Å². The second kappa shape index (κ2) is 2.48. The van der Waals surface area contributed by atoms with Gasteiger partial charge >= 0.3 is 0 Å². The summed E-state index contributed by atoms with van der Waals surface area (Å²) in [6, 6.07) is 7.28. The van der Waals surface area contributed by atoms with E-state index in [0.29, 0.717) is 17.3 Å². The van der Waals surface area contributed by atoms with E-state index in [1.54, 1.807) is 25.1 Å². The van der Waals surface area contributed by atoms with Crippen molar-refractivity contribution < 1.29 is 6.48 Å². The van der Waals surface area contributed by atoms with Gasteiger partial charge in [0.05, 0.1) is 1.37 Å². The Hall–Kier alpha value is -1.57. The molecule has 2 rings (SSSR count). The van der Waals surface area contributed by atoms with Crippen LogP contribution in [0.1, 0.15) is 7.06 Å². The number of aromatic nitrogens is 1. The summed E-state index contributed by atoms with van der Waals surface area (Å²) < 4.78 is 7.53. The molecule has 1 heterocycles. The number of rotatable bonds is 0. The zero-order valence-corrected chi connectivity index (χ0v) is 6.70. The lowest BCUT2D eigenvalue weighted by Gasteiger charge is -1.99. The van der Waals surface area contributed by atoms with Gasteiger partial charge in [0.1, 0.15) is 11.3 Å². The molecule has 0 amide bonds. The second-order valence-corrected chi connectivity index (χ2v) is 2.70. The number of para-hydroxylation sites is 1. The molecule has 60 valence electrons. The van der Waals surface area contributed by atoms with Gasteiger partial charge in [-0.2, -0.15) is 0 Å². The minimum Gasteiger partial charge on any atom is -0.506 e. The maximum absolute atomic E-state index is 9.46. The number of pyridine rings is 1. The Morgan fingerprint density at radius 2 is 2.25 bits per heavy atom. The van der Waals surface area contributed by atoms with Crippen LogP contribution in [0.2, 0.25) is 0 Å². The van der Waals surface area contributed by atoms with Crippen molar-refractivity contribution in [3.63, 3.8) is 0 Å². The number of fused-ring (bicyclic) bond motifs is 1. The van der Waals surface area contributed by atoms with Crippen LogP contribution in [0.4, 0.5) is 0 Å². The highest BCUT2D eigenvalue weighted by Crippen LogP contribution is 2.21. The zero-order chi connectivity index (χ0) is 9.42. The van der Waals surface area contributed by atoms with Crippen molar-refractivity contribution in [2.45, 2.75) is 6.92 Å². The van der Waals surface area contributed by atoms with Crippen LogP contribution in [0.5, 0.6) is 5.75 Å². The molecule has 0 unspecified atom stereocenters. The number of phenolic OH excluding ortho intramolecular Hbond substituents is 1. The lowest BCUT2D eigenvalue weighted by molar-refractivity contribution is 0.480. The van der Waals surface area contributed by atoms with Gasteiger partial charge in [0.25, 0.3) is 0 Å². The van der Waals surface area contributed by atoms with Gasteiger partial charge < -0.3 is 5.11 Å². The average Bonchev–Trinajstić information content (AvgIpc) is 2.09. The van der Waals surface area contributed by atoms with Crippen LogP contribution in [0.3, 0.4) is 0 Å². The van der Waals surface area contributed by atoms with Gasteiger partial charge in [-0.15, -0.1) is 0 Å². The van der Waals surface area contributed by atoms with Crippen molar-refractivity contribution in [3.05, 3.63) is 36.0 Å². The van der Waals surface area contributed by atoms with E-state index in [-0.39, 0.29) is 5.75 Å². The van der Waals surface area contributed by atoms with E-state index in [4.69, 9.17) is 1.37 Å². The van der Waals surface area contributed by atoms with Crippen molar-refractivity contribution in [1.29, 1.82) is 0 Å². The van der Waals surface area contributed by atoms with Crippen molar-refractivity contribution in [2.24, 2.45) is 0 Å². The van der Waals surface area contributed by atoms with E-state index in [1.165, 1.54) is 0 Å². The van der Waals surface area contributed by atoms with Gasteiger partial charge in [-0.05, 0) is 19.0 Å². The third-order valence-corrected chi connectivity index (χ3v) is 1.76. The molecule has 12 heavy (non-hydrogen) atoms. The number of aromatic hydroxyl groups is 1. The quantitative estimate of drug-likeness (QED) is 0.641. The number of aryl methyl sites for hydroxylation is 1. The first-order chi connectivity index (χ1) is 6.18. The number of hydrogen-bond donors (Lipinski definition) is 1. The molecule has 0 spiro atoms. The lowest BCUT2D eigenvalue weighted by Crippen LogP contribution is -1.82. The van der Waals surface area contributed by atoms with Gasteiger partial charge in [-0.25, -0.2) is 4.98 Å². The van der Waals surface area contributed by atoms with Gasteiger partial charge in [0.2, 0.25) is 0 Å². The monoisotopic (exact) mass is 160 g/mol.